The van der Waals surface area contributed by atoms with Gasteiger partial charge in [-0.15, -0.1) is 0 Å². The molecule has 0 amide bonds. The minimum Gasteiger partial charge on any atom is -0.409 e. The Morgan fingerprint density at radius 2 is 2.31 bits per heavy atom. The third-order valence-electron chi connectivity index (χ3n) is 2.48. The summed E-state index contributed by atoms with van der Waals surface area (Å²) in [5, 5.41) is 11.3. The fourth-order valence-electron chi connectivity index (χ4n) is 1.55. The summed E-state index contributed by atoms with van der Waals surface area (Å²) in [4.78, 5) is 2.46. The van der Waals surface area contributed by atoms with E-state index in [4.69, 9.17) is 10.9 Å². The van der Waals surface area contributed by atoms with E-state index in [1.807, 2.05) is 0 Å². The fourth-order valence-corrected chi connectivity index (χ4v) is 1.55. The van der Waals surface area contributed by atoms with Crippen LogP contribution < -0.4 is 5.73 Å². The van der Waals surface area contributed by atoms with Crippen molar-refractivity contribution in [1.82, 2.24) is 4.90 Å². The Balaban J connectivity index is 2.09. The van der Waals surface area contributed by atoms with Gasteiger partial charge in [-0.3, -0.25) is 0 Å². The van der Waals surface area contributed by atoms with E-state index in [1.165, 1.54) is 12.8 Å². The van der Waals surface area contributed by atoms with E-state index in [-0.39, 0.29) is 0 Å². The smallest absolute Gasteiger partial charge is 0.139 e. The van der Waals surface area contributed by atoms with Gasteiger partial charge in [0.15, 0.2) is 0 Å². The molecule has 1 aliphatic rings. The molecule has 0 aromatic heterocycles. The van der Waals surface area contributed by atoms with Crippen LogP contribution in [0.4, 0.5) is 0 Å². The molecule has 76 valence electrons. The molecule has 0 bridgehead atoms. The Morgan fingerprint density at radius 3 is 2.77 bits per heavy atom. The predicted molar refractivity (Wildman–Crippen MR) is 52.9 cm³/mol. The molecule has 0 heterocycles. The minimum atomic E-state index is 0.340. The first-order chi connectivity index (χ1) is 6.27. The van der Waals surface area contributed by atoms with Gasteiger partial charge in [0.2, 0.25) is 0 Å². The molecule has 0 aromatic carbocycles. The summed E-state index contributed by atoms with van der Waals surface area (Å²) in [6, 6.07) is 0.817. The van der Waals surface area contributed by atoms with Crippen LogP contribution in [-0.2, 0) is 0 Å². The SMILES string of the molecule is CCN(CCC/C(N)=N/O)C1CC1. The number of oxime groups is 1. The Morgan fingerprint density at radius 1 is 1.62 bits per heavy atom. The quantitative estimate of drug-likeness (QED) is 0.281. The first-order valence-electron chi connectivity index (χ1n) is 4.98. The lowest BCUT2D eigenvalue weighted by Crippen LogP contribution is -2.27. The van der Waals surface area contributed by atoms with Crippen molar-refractivity contribution in [2.24, 2.45) is 10.9 Å². The molecule has 4 heteroatoms. The summed E-state index contributed by atoms with van der Waals surface area (Å²) < 4.78 is 0. The third-order valence-corrected chi connectivity index (χ3v) is 2.48. The Hall–Kier alpha value is -0.770. The molecule has 0 atom stereocenters. The van der Waals surface area contributed by atoms with E-state index >= 15 is 0 Å². The average Bonchev–Trinajstić information content (AvgIpc) is 2.95. The highest BCUT2D eigenvalue weighted by Gasteiger charge is 2.26. The van der Waals surface area contributed by atoms with Gasteiger partial charge in [0, 0.05) is 12.5 Å². The Bertz CT molecular complexity index is 178. The Labute approximate surface area is 79.4 Å². The van der Waals surface area contributed by atoms with E-state index in [0.717, 1.165) is 25.6 Å². The molecular weight excluding hydrogens is 166 g/mol. The van der Waals surface area contributed by atoms with E-state index in [0.29, 0.717) is 12.3 Å². The van der Waals surface area contributed by atoms with E-state index in [2.05, 4.69) is 17.0 Å². The fraction of sp³-hybridized carbons (Fsp3) is 0.889. The second kappa shape index (κ2) is 5.07. The maximum absolute atomic E-state index is 8.33. The van der Waals surface area contributed by atoms with Gasteiger partial charge < -0.3 is 15.8 Å². The number of nitrogens with two attached hydrogens (primary N) is 1. The van der Waals surface area contributed by atoms with Gasteiger partial charge in [0.05, 0.1) is 0 Å². The molecule has 0 unspecified atom stereocenters. The zero-order valence-electron chi connectivity index (χ0n) is 8.24. The van der Waals surface area contributed by atoms with Gasteiger partial charge in [0.1, 0.15) is 5.84 Å². The van der Waals surface area contributed by atoms with Crippen molar-refractivity contribution in [2.75, 3.05) is 13.1 Å². The van der Waals surface area contributed by atoms with Crippen LogP contribution in [-0.4, -0.2) is 35.1 Å². The van der Waals surface area contributed by atoms with Crippen LogP contribution in [0.15, 0.2) is 5.16 Å². The van der Waals surface area contributed by atoms with Gasteiger partial charge in [-0.1, -0.05) is 12.1 Å². The van der Waals surface area contributed by atoms with Crippen LogP contribution >= 0.6 is 0 Å². The molecule has 0 aliphatic heterocycles. The molecule has 13 heavy (non-hydrogen) atoms. The van der Waals surface area contributed by atoms with Crippen LogP contribution in [0.25, 0.3) is 0 Å². The van der Waals surface area contributed by atoms with Crippen LogP contribution in [0.5, 0.6) is 0 Å². The first kappa shape index (κ1) is 10.3. The largest absolute Gasteiger partial charge is 0.409 e. The molecule has 0 aromatic rings. The normalized spacial score (nSPS) is 18.2. The molecule has 1 rings (SSSR count). The van der Waals surface area contributed by atoms with E-state index in [1.54, 1.807) is 0 Å². The van der Waals surface area contributed by atoms with Gasteiger partial charge in [-0.25, -0.2) is 0 Å². The molecule has 0 radical (unpaired) electrons. The molecule has 0 saturated heterocycles. The highest BCUT2D eigenvalue weighted by Crippen LogP contribution is 2.26. The zero-order chi connectivity index (χ0) is 9.68. The molecule has 1 aliphatic carbocycles. The van der Waals surface area contributed by atoms with Crippen molar-refractivity contribution in [1.29, 1.82) is 0 Å². The highest BCUT2D eigenvalue weighted by molar-refractivity contribution is 5.79. The molecule has 4 nitrogen and oxygen atoms in total. The molecular formula is C9H19N3O. The number of rotatable bonds is 6. The predicted octanol–water partition coefficient (Wildman–Crippen LogP) is 0.997. The lowest BCUT2D eigenvalue weighted by Gasteiger charge is -2.19. The average molecular weight is 185 g/mol. The van der Waals surface area contributed by atoms with Gasteiger partial charge in [-0.2, -0.15) is 0 Å². The minimum absolute atomic E-state index is 0.340. The maximum atomic E-state index is 8.33. The van der Waals surface area contributed by atoms with Crippen molar-refractivity contribution < 1.29 is 5.21 Å². The Kier molecular flexibility index (Phi) is 4.02. The summed E-state index contributed by atoms with van der Waals surface area (Å²) in [6.07, 6.45) is 4.37. The van der Waals surface area contributed by atoms with Gasteiger partial charge in [-0.05, 0) is 32.4 Å². The summed E-state index contributed by atoms with van der Waals surface area (Å²) in [5.74, 6) is 0.340. The highest BCUT2D eigenvalue weighted by atomic mass is 16.4. The second-order valence-electron chi connectivity index (χ2n) is 3.55. The second-order valence-corrected chi connectivity index (χ2v) is 3.55. The standard InChI is InChI=1S/C9H19N3O/c1-2-12(8-5-6-8)7-3-4-9(10)11-13/h8,13H,2-7H2,1H3,(H2,10,11). The summed E-state index contributed by atoms with van der Waals surface area (Å²) in [7, 11) is 0. The van der Waals surface area contributed by atoms with Crippen LogP contribution in [0, 0.1) is 0 Å². The number of amidine groups is 1. The summed E-state index contributed by atoms with van der Waals surface area (Å²) in [5.41, 5.74) is 5.37. The maximum Gasteiger partial charge on any atom is 0.139 e. The molecule has 0 spiro atoms. The van der Waals surface area contributed by atoms with E-state index in [9.17, 15) is 0 Å². The van der Waals surface area contributed by atoms with Crippen molar-refractivity contribution in [3.05, 3.63) is 0 Å². The zero-order valence-corrected chi connectivity index (χ0v) is 8.24. The van der Waals surface area contributed by atoms with Crippen LogP contribution in [0.1, 0.15) is 32.6 Å². The number of hydrogen-bond donors (Lipinski definition) is 2. The lowest BCUT2D eigenvalue weighted by atomic mass is 10.2. The van der Waals surface area contributed by atoms with Crippen LogP contribution in [0.2, 0.25) is 0 Å². The van der Waals surface area contributed by atoms with Crippen LogP contribution in [0.3, 0.4) is 0 Å². The van der Waals surface area contributed by atoms with Crippen molar-refractivity contribution in [3.63, 3.8) is 0 Å². The van der Waals surface area contributed by atoms with Gasteiger partial charge in [0.25, 0.3) is 0 Å². The monoisotopic (exact) mass is 185 g/mol. The van der Waals surface area contributed by atoms with Crippen molar-refractivity contribution in [2.45, 2.75) is 38.6 Å². The third kappa shape index (κ3) is 3.63. The number of nitrogens with zero attached hydrogens (tertiary/aromatic N) is 2. The van der Waals surface area contributed by atoms with Crippen molar-refractivity contribution in [3.8, 4) is 0 Å². The topological polar surface area (TPSA) is 61.8 Å². The lowest BCUT2D eigenvalue weighted by molar-refractivity contribution is 0.274. The summed E-state index contributed by atoms with van der Waals surface area (Å²) >= 11 is 0. The molecule has 1 fully saturated rings. The number of hydrogen-bond acceptors (Lipinski definition) is 3. The first-order valence-corrected chi connectivity index (χ1v) is 4.98. The van der Waals surface area contributed by atoms with E-state index < -0.39 is 0 Å². The summed E-state index contributed by atoms with van der Waals surface area (Å²) in [6.45, 7) is 4.36. The molecule has 1 saturated carbocycles. The van der Waals surface area contributed by atoms with Crippen molar-refractivity contribution >= 4 is 5.84 Å². The van der Waals surface area contributed by atoms with Gasteiger partial charge >= 0.3 is 0 Å². The molecule has 3 N–H and O–H groups in total.